The average Bonchev–Trinajstić information content (AvgIpc) is 2.78. The van der Waals surface area contributed by atoms with Gasteiger partial charge in [-0.1, -0.05) is 36.4 Å². The summed E-state index contributed by atoms with van der Waals surface area (Å²) in [6.45, 7) is 0. The van der Waals surface area contributed by atoms with Gasteiger partial charge in [-0.3, -0.25) is 0 Å². The predicted molar refractivity (Wildman–Crippen MR) is 71.0 cm³/mol. The molecule has 0 bridgehead atoms. The Bertz CT molecular complexity index is 676. The molecule has 0 aliphatic rings. The molecule has 3 rings (SSSR count). The Balaban J connectivity index is 2.03. The molecule has 1 aromatic heterocycles. The van der Waals surface area contributed by atoms with Crippen LogP contribution in [0.2, 0.25) is 0 Å². The highest BCUT2D eigenvalue weighted by atomic mass is 16.3. The molecule has 1 atom stereocenters. The van der Waals surface area contributed by atoms with Crippen LogP contribution < -0.4 is 5.73 Å². The number of nitrogen functional groups attached to an aromatic ring is 1. The number of aliphatic hydroxyl groups excluding tert-OH is 1. The van der Waals surface area contributed by atoms with E-state index in [1.165, 1.54) is 0 Å². The number of benzene rings is 2. The van der Waals surface area contributed by atoms with Crippen LogP contribution in [-0.4, -0.2) is 15.1 Å². The van der Waals surface area contributed by atoms with E-state index in [1.807, 2.05) is 48.5 Å². The highest BCUT2D eigenvalue weighted by molar-refractivity contribution is 5.78. The fourth-order valence-corrected chi connectivity index (χ4v) is 2.04. The largest absolute Gasteiger partial charge is 0.384 e. The molecule has 0 fully saturated rings. The van der Waals surface area contributed by atoms with Crippen molar-refractivity contribution in [3.63, 3.8) is 0 Å². The summed E-state index contributed by atoms with van der Waals surface area (Å²) in [5.41, 5.74) is 8.92. The molecular weight excluding hydrogens is 226 g/mol. The van der Waals surface area contributed by atoms with Crippen molar-refractivity contribution < 1.29 is 5.11 Å². The maximum atomic E-state index is 10.3. The summed E-state index contributed by atoms with van der Waals surface area (Å²) >= 11 is 0. The lowest BCUT2D eigenvalue weighted by Gasteiger charge is -2.11. The van der Waals surface area contributed by atoms with E-state index in [9.17, 15) is 5.11 Å². The number of rotatable bonds is 2. The SMILES string of the molecule is Nc1nc2ccc(C(O)c3ccccc3)cc2[nH]1. The van der Waals surface area contributed by atoms with Gasteiger partial charge in [0.25, 0.3) is 0 Å². The smallest absolute Gasteiger partial charge is 0.198 e. The third-order valence-corrected chi connectivity index (χ3v) is 2.96. The van der Waals surface area contributed by atoms with Gasteiger partial charge in [0, 0.05) is 0 Å². The molecule has 0 radical (unpaired) electrons. The molecule has 18 heavy (non-hydrogen) atoms. The standard InChI is InChI=1S/C14H13N3O/c15-14-16-11-7-6-10(8-12(11)17-14)13(18)9-4-2-1-3-5-9/h1-8,13,18H,(H3,15,16,17). The van der Waals surface area contributed by atoms with Crippen LogP contribution >= 0.6 is 0 Å². The van der Waals surface area contributed by atoms with Crippen LogP contribution in [0.25, 0.3) is 11.0 Å². The number of aliphatic hydroxyl groups is 1. The second kappa shape index (κ2) is 4.16. The van der Waals surface area contributed by atoms with Crippen molar-refractivity contribution in [2.45, 2.75) is 6.10 Å². The molecule has 0 aliphatic heterocycles. The lowest BCUT2D eigenvalue weighted by Crippen LogP contribution is -1.98. The van der Waals surface area contributed by atoms with E-state index in [4.69, 9.17) is 5.73 Å². The molecule has 0 amide bonds. The van der Waals surface area contributed by atoms with Gasteiger partial charge in [-0.15, -0.1) is 0 Å². The number of hydrogen-bond donors (Lipinski definition) is 3. The van der Waals surface area contributed by atoms with E-state index in [-0.39, 0.29) is 0 Å². The van der Waals surface area contributed by atoms with Crippen molar-refractivity contribution in [1.29, 1.82) is 0 Å². The molecule has 0 aliphatic carbocycles. The molecule has 0 saturated carbocycles. The molecule has 4 nitrogen and oxygen atoms in total. The first kappa shape index (κ1) is 10.8. The minimum atomic E-state index is -0.639. The van der Waals surface area contributed by atoms with Gasteiger partial charge in [-0.05, 0) is 23.3 Å². The van der Waals surface area contributed by atoms with Gasteiger partial charge in [0.05, 0.1) is 11.0 Å². The van der Waals surface area contributed by atoms with Gasteiger partial charge in [0.1, 0.15) is 6.10 Å². The van der Waals surface area contributed by atoms with E-state index >= 15 is 0 Å². The minimum Gasteiger partial charge on any atom is -0.384 e. The van der Waals surface area contributed by atoms with E-state index in [0.29, 0.717) is 5.95 Å². The third kappa shape index (κ3) is 1.83. The van der Waals surface area contributed by atoms with E-state index < -0.39 is 6.10 Å². The van der Waals surface area contributed by atoms with Gasteiger partial charge < -0.3 is 15.8 Å². The number of nitrogens with zero attached hydrogens (tertiary/aromatic N) is 1. The average molecular weight is 239 g/mol. The molecule has 4 heteroatoms. The Kier molecular flexibility index (Phi) is 2.50. The third-order valence-electron chi connectivity index (χ3n) is 2.96. The van der Waals surface area contributed by atoms with Crippen molar-refractivity contribution in [2.24, 2.45) is 0 Å². The monoisotopic (exact) mass is 239 g/mol. The maximum Gasteiger partial charge on any atom is 0.198 e. The number of anilines is 1. The van der Waals surface area contributed by atoms with Crippen molar-refractivity contribution in [1.82, 2.24) is 9.97 Å². The Labute approximate surface area is 104 Å². The van der Waals surface area contributed by atoms with Gasteiger partial charge in [-0.2, -0.15) is 0 Å². The van der Waals surface area contributed by atoms with E-state index in [0.717, 1.165) is 22.2 Å². The second-order valence-electron chi connectivity index (χ2n) is 4.21. The topological polar surface area (TPSA) is 74.9 Å². The van der Waals surface area contributed by atoms with Gasteiger partial charge in [0.2, 0.25) is 0 Å². The lowest BCUT2D eigenvalue weighted by molar-refractivity contribution is 0.220. The second-order valence-corrected chi connectivity index (χ2v) is 4.21. The van der Waals surface area contributed by atoms with Crippen LogP contribution in [0, 0.1) is 0 Å². The number of nitrogens with two attached hydrogens (primary N) is 1. The molecule has 0 saturated heterocycles. The zero-order valence-corrected chi connectivity index (χ0v) is 9.67. The minimum absolute atomic E-state index is 0.386. The molecule has 3 aromatic rings. The number of hydrogen-bond acceptors (Lipinski definition) is 3. The summed E-state index contributed by atoms with van der Waals surface area (Å²) in [6, 6.07) is 15.1. The zero-order valence-electron chi connectivity index (χ0n) is 9.67. The van der Waals surface area contributed by atoms with E-state index in [2.05, 4.69) is 9.97 Å². The normalized spacial score (nSPS) is 12.7. The number of imidazole rings is 1. The number of nitrogens with one attached hydrogen (secondary N) is 1. The van der Waals surface area contributed by atoms with Crippen LogP contribution in [0.15, 0.2) is 48.5 Å². The lowest BCUT2D eigenvalue weighted by atomic mass is 10.0. The van der Waals surface area contributed by atoms with Crippen LogP contribution in [-0.2, 0) is 0 Å². The Morgan fingerprint density at radius 2 is 1.83 bits per heavy atom. The highest BCUT2D eigenvalue weighted by Gasteiger charge is 2.11. The molecule has 4 N–H and O–H groups in total. The van der Waals surface area contributed by atoms with Gasteiger partial charge in [0.15, 0.2) is 5.95 Å². The van der Waals surface area contributed by atoms with Crippen molar-refractivity contribution >= 4 is 17.0 Å². The number of aromatic nitrogens is 2. The maximum absolute atomic E-state index is 10.3. The summed E-state index contributed by atoms with van der Waals surface area (Å²) in [5, 5.41) is 10.3. The number of fused-ring (bicyclic) bond motifs is 1. The van der Waals surface area contributed by atoms with Crippen molar-refractivity contribution in [3.05, 3.63) is 59.7 Å². The van der Waals surface area contributed by atoms with Crippen LogP contribution in [0.4, 0.5) is 5.95 Å². The van der Waals surface area contributed by atoms with E-state index in [1.54, 1.807) is 0 Å². The van der Waals surface area contributed by atoms with Crippen molar-refractivity contribution in [2.75, 3.05) is 5.73 Å². The summed E-state index contributed by atoms with van der Waals surface area (Å²) in [5.74, 6) is 0.386. The Hall–Kier alpha value is -2.33. The van der Waals surface area contributed by atoms with Crippen molar-refractivity contribution in [3.8, 4) is 0 Å². The quantitative estimate of drug-likeness (QED) is 0.642. The van der Waals surface area contributed by atoms with Crippen LogP contribution in [0.3, 0.4) is 0 Å². The molecule has 2 aromatic carbocycles. The predicted octanol–water partition coefficient (Wildman–Crippen LogP) is 2.23. The van der Waals surface area contributed by atoms with Gasteiger partial charge >= 0.3 is 0 Å². The summed E-state index contributed by atoms with van der Waals surface area (Å²) < 4.78 is 0. The highest BCUT2D eigenvalue weighted by Crippen LogP contribution is 2.24. The molecule has 90 valence electrons. The fraction of sp³-hybridized carbons (Fsp3) is 0.0714. The zero-order chi connectivity index (χ0) is 12.5. The Morgan fingerprint density at radius 3 is 2.61 bits per heavy atom. The first-order valence-electron chi connectivity index (χ1n) is 5.72. The summed E-state index contributed by atoms with van der Waals surface area (Å²) in [4.78, 5) is 7.09. The number of aromatic amines is 1. The summed E-state index contributed by atoms with van der Waals surface area (Å²) in [6.07, 6.45) is -0.639. The van der Waals surface area contributed by atoms with Crippen LogP contribution in [0.5, 0.6) is 0 Å². The molecular formula is C14H13N3O. The Morgan fingerprint density at radius 1 is 1.06 bits per heavy atom. The number of H-pyrrole nitrogens is 1. The molecule has 0 spiro atoms. The first-order chi connectivity index (χ1) is 8.74. The van der Waals surface area contributed by atoms with Gasteiger partial charge in [-0.25, -0.2) is 4.98 Å². The first-order valence-corrected chi connectivity index (χ1v) is 5.72. The van der Waals surface area contributed by atoms with Crippen LogP contribution in [0.1, 0.15) is 17.2 Å². The molecule has 1 heterocycles. The summed E-state index contributed by atoms with van der Waals surface area (Å²) in [7, 11) is 0. The molecule has 1 unspecified atom stereocenters. The fourth-order valence-electron chi connectivity index (χ4n) is 2.04.